The van der Waals surface area contributed by atoms with Crippen molar-refractivity contribution in [1.82, 2.24) is 3.97 Å². The Hall–Kier alpha value is -3.48. The molecule has 0 amide bonds. The Morgan fingerprint density at radius 1 is 0.844 bits per heavy atom. The van der Waals surface area contributed by atoms with Crippen molar-refractivity contribution in [1.29, 1.82) is 0 Å². The lowest BCUT2D eigenvalue weighted by Crippen LogP contribution is -2.12. The number of phenols is 1. The van der Waals surface area contributed by atoms with Gasteiger partial charge in [-0.15, -0.1) is 0 Å². The van der Waals surface area contributed by atoms with Gasteiger partial charge in [-0.25, -0.2) is 12.4 Å². The molecule has 0 radical (unpaired) electrons. The largest absolute Gasteiger partial charge is 0.506 e. The zero-order chi connectivity index (χ0) is 22.5. The van der Waals surface area contributed by atoms with Crippen molar-refractivity contribution in [2.24, 2.45) is 0 Å². The molecule has 32 heavy (non-hydrogen) atoms. The molecule has 0 fully saturated rings. The van der Waals surface area contributed by atoms with Gasteiger partial charge in [0.15, 0.2) is 0 Å². The fraction of sp³-hybridized carbons (Fsp3) is 0.0400. The highest BCUT2D eigenvalue weighted by Crippen LogP contribution is 2.40. The number of halogens is 1. The summed E-state index contributed by atoms with van der Waals surface area (Å²) in [5, 5.41) is 15.9. The number of aryl methyl sites for hydroxylation is 1. The van der Waals surface area contributed by atoms with Crippen LogP contribution in [0.3, 0.4) is 0 Å². The van der Waals surface area contributed by atoms with Gasteiger partial charge >= 0.3 is 0 Å². The number of para-hydroxylation sites is 1. The molecule has 0 aliphatic carbocycles. The number of benzene rings is 4. The van der Waals surface area contributed by atoms with E-state index in [4.69, 9.17) is 11.6 Å². The number of hydrogen-bond donors (Lipinski definition) is 2. The molecule has 5 rings (SSSR count). The molecule has 5 nitrogen and oxygen atoms in total. The number of nitrogens with zero attached hydrogens (tertiary/aromatic N) is 1. The Balaban J connectivity index is 1.80. The van der Waals surface area contributed by atoms with Crippen molar-refractivity contribution in [3.8, 4) is 5.75 Å². The Morgan fingerprint density at radius 2 is 1.56 bits per heavy atom. The van der Waals surface area contributed by atoms with E-state index >= 15 is 0 Å². The minimum Gasteiger partial charge on any atom is -0.506 e. The first kappa shape index (κ1) is 20.4. The number of nitrogens with one attached hydrogen (secondary N) is 1. The van der Waals surface area contributed by atoms with Crippen LogP contribution >= 0.6 is 11.6 Å². The van der Waals surface area contributed by atoms with E-state index in [2.05, 4.69) is 5.32 Å². The zero-order valence-corrected chi connectivity index (χ0v) is 18.7. The van der Waals surface area contributed by atoms with Gasteiger partial charge in [0, 0.05) is 33.2 Å². The summed E-state index contributed by atoms with van der Waals surface area (Å²) in [6.07, 6.45) is 0. The molecule has 4 aromatic carbocycles. The molecule has 0 bridgehead atoms. The highest BCUT2D eigenvalue weighted by molar-refractivity contribution is 7.90. The maximum absolute atomic E-state index is 13.7. The highest BCUT2D eigenvalue weighted by Gasteiger charge is 2.26. The lowest BCUT2D eigenvalue weighted by atomic mass is 10.1. The van der Waals surface area contributed by atoms with Gasteiger partial charge < -0.3 is 10.4 Å². The van der Waals surface area contributed by atoms with Crippen molar-refractivity contribution < 1.29 is 13.5 Å². The molecular formula is C25H19ClN2O3S. The monoisotopic (exact) mass is 462 g/mol. The summed E-state index contributed by atoms with van der Waals surface area (Å²) in [4.78, 5) is 0.141. The quantitative estimate of drug-likeness (QED) is 0.322. The van der Waals surface area contributed by atoms with Crippen LogP contribution in [-0.4, -0.2) is 17.5 Å². The number of fused-ring (bicyclic) bond motifs is 3. The molecule has 7 heteroatoms. The first-order chi connectivity index (χ1) is 15.3. The van der Waals surface area contributed by atoms with Crippen molar-refractivity contribution in [3.05, 3.63) is 95.5 Å². The highest BCUT2D eigenvalue weighted by atomic mass is 35.5. The molecule has 1 heterocycles. The Bertz CT molecular complexity index is 1580. The smallest absolute Gasteiger partial charge is 0.268 e. The third-order valence-corrected chi connectivity index (χ3v) is 7.35. The number of anilines is 2. The summed E-state index contributed by atoms with van der Waals surface area (Å²) >= 11 is 6.25. The molecule has 0 spiro atoms. The number of phenolic OH excluding ortho intramolecular Hbond substituents is 1. The number of hydrogen-bond acceptors (Lipinski definition) is 4. The summed E-state index contributed by atoms with van der Waals surface area (Å²) in [5.41, 5.74) is 3.09. The van der Waals surface area contributed by atoms with Gasteiger partial charge in [-0.2, -0.15) is 0 Å². The van der Waals surface area contributed by atoms with E-state index in [-0.39, 0.29) is 16.2 Å². The van der Waals surface area contributed by atoms with Crippen LogP contribution < -0.4 is 5.32 Å². The summed E-state index contributed by atoms with van der Waals surface area (Å²) in [6, 6.07) is 24.5. The summed E-state index contributed by atoms with van der Waals surface area (Å²) in [6.45, 7) is 1.89. The summed E-state index contributed by atoms with van der Waals surface area (Å²) in [5.74, 6) is -0.149. The van der Waals surface area contributed by atoms with Crippen LogP contribution in [0.2, 0.25) is 5.02 Å². The maximum atomic E-state index is 13.7. The predicted molar refractivity (Wildman–Crippen MR) is 130 cm³/mol. The Kier molecular flexibility index (Phi) is 4.84. The molecule has 0 atom stereocenters. The van der Waals surface area contributed by atoms with Crippen LogP contribution in [0.4, 0.5) is 11.4 Å². The second-order valence-corrected chi connectivity index (χ2v) is 9.85. The van der Waals surface area contributed by atoms with Crippen molar-refractivity contribution in [2.75, 3.05) is 5.32 Å². The molecule has 2 N–H and O–H groups in total. The van der Waals surface area contributed by atoms with Crippen molar-refractivity contribution >= 4 is 54.8 Å². The Morgan fingerprint density at radius 3 is 2.28 bits per heavy atom. The van der Waals surface area contributed by atoms with E-state index in [1.807, 2.05) is 43.3 Å². The molecule has 5 aromatic rings. The van der Waals surface area contributed by atoms with Gasteiger partial charge in [0.1, 0.15) is 11.3 Å². The van der Waals surface area contributed by atoms with Crippen LogP contribution in [0.5, 0.6) is 5.75 Å². The van der Waals surface area contributed by atoms with Crippen LogP contribution in [0.25, 0.3) is 21.8 Å². The molecule has 160 valence electrons. The van der Waals surface area contributed by atoms with Crippen LogP contribution in [0, 0.1) is 6.92 Å². The van der Waals surface area contributed by atoms with Gasteiger partial charge in [-0.1, -0.05) is 47.5 Å². The van der Waals surface area contributed by atoms with E-state index in [0.29, 0.717) is 27.0 Å². The average molecular weight is 463 g/mol. The first-order valence-corrected chi connectivity index (χ1v) is 11.8. The predicted octanol–water partition coefficient (Wildman–Crippen LogP) is 6.44. The van der Waals surface area contributed by atoms with E-state index in [1.165, 1.54) is 10.0 Å². The SMILES string of the molecule is Cc1ccc(S(=O)(=O)n2c3ccc(Cl)cc3c3cc(Nc4ccccc4)cc(O)c32)cc1. The fourth-order valence-corrected chi connectivity index (χ4v) is 5.60. The van der Waals surface area contributed by atoms with E-state index < -0.39 is 10.0 Å². The lowest BCUT2D eigenvalue weighted by Gasteiger charge is -2.12. The number of aromatic hydroxyl groups is 1. The van der Waals surface area contributed by atoms with Gasteiger partial charge in [-0.3, -0.25) is 0 Å². The molecular weight excluding hydrogens is 444 g/mol. The first-order valence-electron chi connectivity index (χ1n) is 9.95. The van der Waals surface area contributed by atoms with Crippen LogP contribution in [0.15, 0.2) is 89.8 Å². The minimum atomic E-state index is -3.98. The third-order valence-electron chi connectivity index (χ3n) is 5.38. The average Bonchev–Trinajstić information content (AvgIpc) is 3.10. The second kappa shape index (κ2) is 7.58. The standard InChI is InChI=1S/C25H19ClN2O3S/c1-16-7-10-20(11-8-16)32(30,31)28-23-12-9-17(26)13-21(23)22-14-19(15-24(29)25(22)28)27-18-5-3-2-4-6-18/h2-15,27,29H,1H3. The fourth-order valence-electron chi connectivity index (χ4n) is 3.89. The van der Waals surface area contributed by atoms with Gasteiger partial charge in [0.2, 0.25) is 0 Å². The zero-order valence-electron chi connectivity index (χ0n) is 17.1. The van der Waals surface area contributed by atoms with Gasteiger partial charge in [0.25, 0.3) is 10.0 Å². The molecule has 0 aliphatic heterocycles. The van der Waals surface area contributed by atoms with Crippen molar-refractivity contribution in [3.63, 3.8) is 0 Å². The van der Waals surface area contributed by atoms with Gasteiger partial charge in [0.05, 0.1) is 10.4 Å². The van der Waals surface area contributed by atoms with Crippen LogP contribution in [-0.2, 0) is 10.0 Å². The van der Waals surface area contributed by atoms with E-state index in [0.717, 1.165) is 11.3 Å². The number of rotatable bonds is 4. The minimum absolute atomic E-state index is 0.141. The van der Waals surface area contributed by atoms with Crippen molar-refractivity contribution in [2.45, 2.75) is 11.8 Å². The molecule has 0 saturated heterocycles. The molecule has 0 saturated carbocycles. The normalized spacial score (nSPS) is 11.8. The summed E-state index contributed by atoms with van der Waals surface area (Å²) in [7, 11) is -3.98. The van der Waals surface area contributed by atoms with Gasteiger partial charge in [-0.05, 0) is 55.5 Å². The molecule has 1 aromatic heterocycles. The van der Waals surface area contributed by atoms with Crippen LogP contribution in [0.1, 0.15) is 5.56 Å². The lowest BCUT2D eigenvalue weighted by molar-refractivity contribution is 0.480. The second-order valence-electron chi connectivity index (χ2n) is 7.63. The van der Waals surface area contributed by atoms with E-state index in [1.54, 1.807) is 42.5 Å². The molecule has 0 unspecified atom stereocenters. The molecule has 0 aliphatic rings. The van der Waals surface area contributed by atoms with E-state index in [9.17, 15) is 13.5 Å². The topological polar surface area (TPSA) is 71.3 Å². The maximum Gasteiger partial charge on any atom is 0.268 e. The Labute approximate surface area is 190 Å². The summed E-state index contributed by atoms with van der Waals surface area (Å²) < 4.78 is 28.5. The third kappa shape index (κ3) is 3.38. The number of aromatic nitrogens is 1.